The molecule has 15 nitrogen and oxygen atoms in total. The summed E-state index contributed by atoms with van der Waals surface area (Å²) in [6, 6.07) is -0.998. The van der Waals surface area contributed by atoms with Crippen LogP contribution in [0.1, 0.15) is 20.3 Å². The molecule has 5 N–H and O–H groups in total. The highest BCUT2D eigenvalue weighted by atomic mass is 32.2. The number of aromatic nitrogens is 4. The van der Waals surface area contributed by atoms with Crippen molar-refractivity contribution in [1.82, 2.24) is 45.5 Å². The number of nitrogens with zero attached hydrogens (tertiary/aromatic N) is 7. The Kier molecular flexibility index (Phi) is 8.61. The summed E-state index contributed by atoms with van der Waals surface area (Å²) in [6.45, 7) is 7.73. The van der Waals surface area contributed by atoms with Crippen LogP contribution in [0.5, 0.6) is 0 Å². The van der Waals surface area contributed by atoms with Gasteiger partial charge in [0, 0.05) is 73.3 Å². The van der Waals surface area contributed by atoms with Gasteiger partial charge in [-0.3, -0.25) is 14.5 Å². The summed E-state index contributed by atoms with van der Waals surface area (Å²) < 4.78 is 1.30. The molecule has 5 rings (SSSR count). The highest BCUT2D eigenvalue weighted by molar-refractivity contribution is 8.03. The lowest BCUT2D eigenvalue weighted by Gasteiger charge is -2.54. The van der Waals surface area contributed by atoms with Crippen LogP contribution in [0.3, 0.4) is 0 Å². The Morgan fingerprint density at radius 2 is 2.00 bits per heavy atom. The molecule has 3 saturated heterocycles. The van der Waals surface area contributed by atoms with Crippen molar-refractivity contribution >= 4 is 29.5 Å². The number of amides is 2. The molecule has 0 bridgehead atoms. The third-order valence-electron chi connectivity index (χ3n) is 8.41. The molecule has 2 amide bonds. The number of nitrogens with one attached hydrogen (secondary N) is 2. The molecule has 0 saturated carbocycles. The molecular formula is C24H37N9O6S. The van der Waals surface area contributed by atoms with Crippen LogP contribution in [0.4, 0.5) is 0 Å². The van der Waals surface area contributed by atoms with E-state index in [-0.39, 0.29) is 59.8 Å². The minimum absolute atomic E-state index is 0.0131. The summed E-state index contributed by atoms with van der Waals surface area (Å²) in [4.78, 5) is 44.2. The third kappa shape index (κ3) is 5.54. The molecule has 1 unspecified atom stereocenters. The van der Waals surface area contributed by atoms with Gasteiger partial charge in [-0.15, -0.1) is 16.9 Å². The van der Waals surface area contributed by atoms with E-state index in [4.69, 9.17) is 5.11 Å². The van der Waals surface area contributed by atoms with E-state index in [1.807, 2.05) is 18.7 Å². The topological polar surface area (TPSA) is 189 Å². The summed E-state index contributed by atoms with van der Waals surface area (Å²) in [5.41, 5.74) is 0.105. The summed E-state index contributed by atoms with van der Waals surface area (Å²) in [7, 11) is 0. The number of aliphatic hydroxyl groups is 2. The lowest BCUT2D eigenvalue weighted by atomic mass is 9.77. The molecule has 0 radical (unpaired) electrons. The van der Waals surface area contributed by atoms with Gasteiger partial charge >= 0.3 is 5.97 Å². The first-order chi connectivity index (χ1) is 19.2. The average Bonchev–Trinajstić information content (AvgIpc) is 3.65. The molecular weight excluding hydrogens is 542 g/mol. The fourth-order valence-corrected chi connectivity index (χ4v) is 7.90. The van der Waals surface area contributed by atoms with E-state index in [1.165, 1.54) is 22.8 Å². The largest absolute Gasteiger partial charge is 0.477 e. The van der Waals surface area contributed by atoms with Crippen molar-refractivity contribution in [2.45, 2.75) is 56.4 Å². The van der Waals surface area contributed by atoms with Gasteiger partial charge in [0.1, 0.15) is 24.8 Å². The standard InChI is InChI=1S/C24H37N9O6S/c1-13-19-18(14(2)27-17(35)11-32-12-26-28-29-32)23(37)33(19)20(24(38)39)21(13)40-15-9-16(25-10-15)22(36)31-5-3-30(4-6-31)7-8-34/h12-16,18-19,23,25,34,37H,3-11H2,1-2H3,(H,27,35)(H,38,39)/t13-,14-,15+,16+,18-,19-,23?/m1/s1. The van der Waals surface area contributed by atoms with Crippen molar-refractivity contribution in [2.24, 2.45) is 11.8 Å². The highest BCUT2D eigenvalue weighted by Gasteiger charge is 2.60. The van der Waals surface area contributed by atoms with E-state index >= 15 is 0 Å². The number of piperazine rings is 1. The van der Waals surface area contributed by atoms with E-state index in [0.29, 0.717) is 37.5 Å². The second-order valence-electron chi connectivity index (χ2n) is 10.9. The zero-order valence-corrected chi connectivity index (χ0v) is 23.4. The zero-order valence-electron chi connectivity index (χ0n) is 22.6. The van der Waals surface area contributed by atoms with Gasteiger partial charge in [-0.1, -0.05) is 6.92 Å². The second kappa shape index (κ2) is 12.0. The maximum Gasteiger partial charge on any atom is 0.353 e. The van der Waals surface area contributed by atoms with Crippen LogP contribution in [0.15, 0.2) is 16.9 Å². The van der Waals surface area contributed by atoms with E-state index in [1.54, 1.807) is 4.90 Å². The van der Waals surface area contributed by atoms with Gasteiger partial charge in [0.05, 0.1) is 12.6 Å². The third-order valence-corrected chi connectivity index (χ3v) is 9.92. The lowest BCUT2D eigenvalue weighted by molar-refractivity contribution is -0.175. The Balaban J connectivity index is 1.19. The van der Waals surface area contributed by atoms with Crippen LogP contribution in [-0.4, -0.2) is 143 Å². The predicted molar refractivity (Wildman–Crippen MR) is 142 cm³/mol. The van der Waals surface area contributed by atoms with Crippen molar-refractivity contribution in [3.05, 3.63) is 16.9 Å². The fourth-order valence-electron chi connectivity index (χ4n) is 6.42. The van der Waals surface area contributed by atoms with Gasteiger partial charge in [0.15, 0.2) is 0 Å². The molecule has 3 fully saturated rings. The van der Waals surface area contributed by atoms with Crippen LogP contribution in [0, 0.1) is 11.8 Å². The number of rotatable bonds is 10. The number of carbonyl (C=O) groups is 3. The van der Waals surface area contributed by atoms with Crippen molar-refractivity contribution in [3.8, 4) is 0 Å². The van der Waals surface area contributed by atoms with Crippen LogP contribution < -0.4 is 10.6 Å². The highest BCUT2D eigenvalue weighted by Crippen LogP contribution is 2.53. The van der Waals surface area contributed by atoms with Crippen LogP contribution in [-0.2, 0) is 20.9 Å². The Labute approximate surface area is 235 Å². The van der Waals surface area contributed by atoms with Crippen LogP contribution >= 0.6 is 11.8 Å². The summed E-state index contributed by atoms with van der Waals surface area (Å²) in [6.07, 6.45) is 0.884. The smallest absolute Gasteiger partial charge is 0.353 e. The Hall–Kier alpha value is -2.79. The molecule has 0 spiro atoms. The predicted octanol–water partition coefficient (Wildman–Crippen LogP) is -2.66. The number of thioether (sulfide) groups is 1. The first-order valence-electron chi connectivity index (χ1n) is 13.7. The molecule has 4 aliphatic rings. The number of aliphatic hydroxyl groups excluding tert-OH is 2. The first-order valence-corrected chi connectivity index (χ1v) is 14.5. The van der Waals surface area contributed by atoms with E-state index in [0.717, 1.165) is 13.1 Å². The monoisotopic (exact) mass is 579 g/mol. The quantitative estimate of drug-likeness (QED) is 0.193. The molecule has 7 atom stereocenters. The number of β-amino-alcohol motifs (C(OH)–C–C–N with tert-alkyl or cyclic N) is 1. The van der Waals surface area contributed by atoms with E-state index in [9.17, 15) is 24.6 Å². The molecule has 1 aromatic heterocycles. The Morgan fingerprint density at radius 1 is 1.25 bits per heavy atom. The number of carbonyl (C=O) groups excluding carboxylic acids is 2. The summed E-state index contributed by atoms with van der Waals surface area (Å²) >= 11 is 1.48. The summed E-state index contributed by atoms with van der Waals surface area (Å²) in [5, 5.41) is 47.2. The molecule has 0 aromatic carbocycles. The zero-order chi connectivity index (χ0) is 28.6. The van der Waals surface area contributed by atoms with Gasteiger partial charge in [0.2, 0.25) is 11.8 Å². The normalized spacial score (nSPS) is 31.2. The number of fused-ring (bicyclic) bond motifs is 1. The number of tetrazole rings is 1. The van der Waals surface area contributed by atoms with Gasteiger partial charge in [-0.2, -0.15) is 0 Å². The number of aliphatic carboxylic acids is 1. The van der Waals surface area contributed by atoms with Gasteiger partial charge in [-0.05, 0) is 23.8 Å². The first kappa shape index (κ1) is 28.7. The molecule has 220 valence electrons. The van der Waals surface area contributed by atoms with Crippen LogP contribution in [0.2, 0.25) is 0 Å². The van der Waals surface area contributed by atoms with E-state index < -0.39 is 18.2 Å². The molecule has 0 aliphatic carbocycles. The van der Waals surface area contributed by atoms with Gasteiger partial charge in [-0.25, -0.2) is 9.48 Å². The van der Waals surface area contributed by atoms with Crippen molar-refractivity contribution in [3.63, 3.8) is 0 Å². The maximum absolute atomic E-state index is 13.1. The number of carboxylic acid groups (broad SMARTS) is 1. The SMILES string of the molecule is C[C@@H](NC(=O)Cn1cnnn1)[C@H]1C(O)N2C(C(=O)O)=C(S[C@@H]3CN[C@H](C(=O)N4CCN(CCO)CC4)C3)[C@H](C)[C@H]12. The maximum atomic E-state index is 13.1. The van der Waals surface area contributed by atoms with Gasteiger partial charge in [0.25, 0.3) is 0 Å². The van der Waals surface area contributed by atoms with Crippen LogP contribution in [0.25, 0.3) is 0 Å². The number of hydrogen-bond acceptors (Lipinski definition) is 12. The van der Waals surface area contributed by atoms with Crippen molar-refractivity contribution < 1.29 is 29.7 Å². The molecule has 16 heteroatoms. The molecule has 5 heterocycles. The minimum atomic E-state index is -1.09. The number of carboxylic acids is 1. The molecule has 40 heavy (non-hydrogen) atoms. The van der Waals surface area contributed by atoms with Gasteiger partial charge < -0.3 is 35.8 Å². The van der Waals surface area contributed by atoms with E-state index in [2.05, 4.69) is 31.1 Å². The molecule has 4 aliphatic heterocycles. The average molecular weight is 580 g/mol. The fraction of sp³-hybridized carbons (Fsp3) is 0.750. The Morgan fingerprint density at radius 3 is 2.65 bits per heavy atom. The minimum Gasteiger partial charge on any atom is -0.477 e. The second-order valence-corrected chi connectivity index (χ2v) is 12.2. The molecule has 1 aromatic rings. The van der Waals surface area contributed by atoms with Crippen molar-refractivity contribution in [2.75, 3.05) is 45.9 Å². The van der Waals surface area contributed by atoms with Crippen molar-refractivity contribution in [1.29, 1.82) is 0 Å². The Bertz CT molecular complexity index is 1130. The number of hydrogen-bond donors (Lipinski definition) is 5. The lowest BCUT2D eigenvalue weighted by Crippen LogP contribution is -2.68. The summed E-state index contributed by atoms with van der Waals surface area (Å²) in [5.74, 6) is -1.87.